The zero-order valence-corrected chi connectivity index (χ0v) is 16.8. The lowest BCUT2D eigenvalue weighted by atomic mass is 9.93. The SMILES string of the molecule is CC(C)(C)c1cn2nc(N3CCN(c4ncc(Br)cn4)CC3)ccc2n1. The van der Waals surface area contributed by atoms with Gasteiger partial charge in [0, 0.05) is 44.0 Å². The molecule has 0 spiro atoms. The maximum absolute atomic E-state index is 4.77. The van der Waals surface area contributed by atoms with E-state index >= 15 is 0 Å². The summed E-state index contributed by atoms with van der Waals surface area (Å²) in [5.41, 5.74) is 1.96. The molecule has 0 amide bonds. The van der Waals surface area contributed by atoms with Gasteiger partial charge in [0.25, 0.3) is 0 Å². The summed E-state index contributed by atoms with van der Waals surface area (Å²) in [5.74, 6) is 1.76. The number of fused-ring (bicyclic) bond motifs is 1. The highest BCUT2D eigenvalue weighted by Gasteiger charge is 2.22. The van der Waals surface area contributed by atoms with Crippen LogP contribution >= 0.6 is 15.9 Å². The fourth-order valence-corrected chi connectivity index (χ4v) is 3.21. The van der Waals surface area contributed by atoms with E-state index in [9.17, 15) is 0 Å². The number of hydrogen-bond donors (Lipinski definition) is 0. The molecule has 7 nitrogen and oxygen atoms in total. The second-order valence-corrected chi connectivity index (χ2v) is 8.46. The first-order valence-corrected chi connectivity index (χ1v) is 9.54. The van der Waals surface area contributed by atoms with Gasteiger partial charge in [-0.2, -0.15) is 0 Å². The number of imidazole rings is 1. The van der Waals surface area contributed by atoms with Gasteiger partial charge < -0.3 is 9.80 Å². The van der Waals surface area contributed by atoms with Gasteiger partial charge in [-0.05, 0) is 28.1 Å². The molecule has 0 bridgehead atoms. The third kappa shape index (κ3) is 3.38. The highest BCUT2D eigenvalue weighted by Crippen LogP contribution is 2.23. The molecule has 26 heavy (non-hydrogen) atoms. The molecule has 0 aromatic carbocycles. The van der Waals surface area contributed by atoms with E-state index < -0.39 is 0 Å². The average Bonchev–Trinajstić information content (AvgIpc) is 3.06. The molecule has 1 aliphatic rings. The Labute approximate surface area is 161 Å². The smallest absolute Gasteiger partial charge is 0.225 e. The summed E-state index contributed by atoms with van der Waals surface area (Å²) in [7, 11) is 0. The van der Waals surface area contributed by atoms with Gasteiger partial charge >= 0.3 is 0 Å². The molecule has 0 saturated carbocycles. The zero-order valence-electron chi connectivity index (χ0n) is 15.2. The van der Waals surface area contributed by atoms with Crippen LogP contribution in [0.25, 0.3) is 5.65 Å². The van der Waals surface area contributed by atoms with Crippen molar-refractivity contribution in [2.24, 2.45) is 0 Å². The lowest BCUT2D eigenvalue weighted by Gasteiger charge is -2.35. The van der Waals surface area contributed by atoms with Crippen LogP contribution in [0, 0.1) is 0 Å². The largest absolute Gasteiger partial charge is 0.352 e. The highest BCUT2D eigenvalue weighted by molar-refractivity contribution is 9.10. The summed E-state index contributed by atoms with van der Waals surface area (Å²) in [6.07, 6.45) is 5.61. The van der Waals surface area contributed by atoms with Crippen LogP contribution < -0.4 is 9.80 Å². The van der Waals surface area contributed by atoms with E-state index in [1.165, 1.54) is 0 Å². The van der Waals surface area contributed by atoms with Crippen LogP contribution in [0.1, 0.15) is 26.5 Å². The van der Waals surface area contributed by atoms with Gasteiger partial charge in [0.1, 0.15) is 5.82 Å². The molecule has 0 unspecified atom stereocenters. The lowest BCUT2D eigenvalue weighted by Crippen LogP contribution is -2.47. The van der Waals surface area contributed by atoms with Crippen LogP contribution in [0.2, 0.25) is 0 Å². The van der Waals surface area contributed by atoms with Crippen LogP contribution in [0.4, 0.5) is 11.8 Å². The summed E-state index contributed by atoms with van der Waals surface area (Å²) in [6, 6.07) is 4.10. The summed E-state index contributed by atoms with van der Waals surface area (Å²) >= 11 is 3.38. The Morgan fingerprint density at radius 1 is 0.962 bits per heavy atom. The first kappa shape index (κ1) is 17.2. The Bertz CT molecular complexity index is 905. The summed E-state index contributed by atoms with van der Waals surface area (Å²) in [6.45, 7) is 10.0. The van der Waals surface area contributed by atoms with Crippen molar-refractivity contribution in [2.75, 3.05) is 36.0 Å². The monoisotopic (exact) mass is 415 g/mol. The van der Waals surface area contributed by atoms with Crippen molar-refractivity contribution in [1.82, 2.24) is 24.6 Å². The highest BCUT2D eigenvalue weighted by atomic mass is 79.9. The minimum absolute atomic E-state index is 0.0180. The van der Waals surface area contributed by atoms with Gasteiger partial charge in [-0.25, -0.2) is 19.5 Å². The average molecular weight is 416 g/mol. The fourth-order valence-electron chi connectivity index (χ4n) is 3.01. The van der Waals surface area contributed by atoms with E-state index in [0.29, 0.717) is 0 Å². The van der Waals surface area contributed by atoms with Crippen LogP contribution in [-0.2, 0) is 5.41 Å². The van der Waals surface area contributed by atoms with Crippen molar-refractivity contribution in [2.45, 2.75) is 26.2 Å². The predicted molar refractivity (Wildman–Crippen MR) is 106 cm³/mol. The first-order valence-electron chi connectivity index (χ1n) is 8.74. The summed E-state index contributed by atoms with van der Waals surface area (Å²) in [4.78, 5) is 18.0. The molecule has 4 heterocycles. The molecule has 1 saturated heterocycles. The molecule has 1 fully saturated rings. The van der Waals surface area contributed by atoms with Crippen LogP contribution in [0.5, 0.6) is 0 Å². The second-order valence-electron chi connectivity index (χ2n) is 7.55. The minimum Gasteiger partial charge on any atom is -0.352 e. The van der Waals surface area contributed by atoms with E-state index in [-0.39, 0.29) is 5.41 Å². The first-order chi connectivity index (χ1) is 12.4. The van der Waals surface area contributed by atoms with Crippen molar-refractivity contribution in [3.8, 4) is 0 Å². The third-order valence-corrected chi connectivity index (χ3v) is 4.98. The topological polar surface area (TPSA) is 62.5 Å². The Morgan fingerprint density at radius 2 is 1.62 bits per heavy atom. The summed E-state index contributed by atoms with van der Waals surface area (Å²) < 4.78 is 2.78. The Balaban J connectivity index is 1.49. The number of piperazine rings is 1. The maximum atomic E-state index is 4.77. The van der Waals surface area contributed by atoms with Gasteiger partial charge in [-0.3, -0.25) is 0 Å². The van der Waals surface area contributed by atoms with Gasteiger partial charge in [-0.1, -0.05) is 20.8 Å². The number of anilines is 2. The molecule has 0 radical (unpaired) electrons. The van der Waals surface area contributed by atoms with Crippen molar-refractivity contribution in [3.05, 3.63) is 40.9 Å². The molecular weight excluding hydrogens is 394 g/mol. The van der Waals surface area contributed by atoms with E-state index in [0.717, 1.165) is 53.8 Å². The van der Waals surface area contributed by atoms with Crippen molar-refractivity contribution < 1.29 is 0 Å². The van der Waals surface area contributed by atoms with E-state index in [2.05, 4.69) is 67.5 Å². The van der Waals surface area contributed by atoms with Crippen LogP contribution in [-0.4, -0.2) is 50.7 Å². The standard InChI is InChI=1S/C18H22BrN7/c1-18(2,3)14-12-26-15(22-14)4-5-16(23-26)24-6-8-25(9-7-24)17-20-10-13(19)11-21-17/h4-5,10-12H,6-9H2,1-3H3. The molecule has 3 aromatic heterocycles. The zero-order chi connectivity index (χ0) is 18.3. The van der Waals surface area contributed by atoms with Gasteiger partial charge in [0.15, 0.2) is 5.65 Å². The van der Waals surface area contributed by atoms with Crippen molar-refractivity contribution >= 4 is 33.3 Å². The third-order valence-electron chi connectivity index (χ3n) is 4.57. The molecule has 136 valence electrons. The molecule has 0 atom stereocenters. The number of rotatable bonds is 2. The predicted octanol–water partition coefficient (Wildman–Crippen LogP) is 2.91. The molecule has 1 aliphatic heterocycles. The molecule has 3 aromatic rings. The summed E-state index contributed by atoms with van der Waals surface area (Å²) in [5, 5.41) is 4.77. The molecule has 0 N–H and O–H groups in total. The van der Waals surface area contributed by atoms with Crippen molar-refractivity contribution in [3.63, 3.8) is 0 Å². The number of nitrogens with zero attached hydrogens (tertiary/aromatic N) is 7. The minimum atomic E-state index is 0.0180. The van der Waals surface area contributed by atoms with E-state index in [1.54, 1.807) is 12.4 Å². The fraction of sp³-hybridized carbons (Fsp3) is 0.444. The second kappa shape index (κ2) is 6.50. The quantitative estimate of drug-likeness (QED) is 0.640. The van der Waals surface area contributed by atoms with Crippen molar-refractivity contribution in [1.29, 1.82) is 0 Å². The normalized spacial score (nSPS) is 15.7. The van der Waals surface area contributed by atoms with Crippen LogP contribution in [0.15, 0.2) is 35.2 Å². The number of hydrogen-bond acceptors (Lipinski definition) is 6. The van der Waals surface area contributed by atoms with E-state index in [1.807, 2.05) is 16.8 Å². The van der Waals surface area contributed by atoms with Gasteiger partial charge in [-0.15, -0.1) is 5.10 Å². The Kier molecular flexibility index (Phi) is 4.30. The molecular formula is C18H22BrN7. The maximum Gasteiger partial charge on any atom is 0.225 e. The van der Waals surface area contributed by atoms with Crippen LogP contribution in [0.3, 0.4) is 0 Å². The number of halogens is 1. The number of aromatic nitrogens is 5. The molecule has 0 aliphatic carbocycles. The Hall–Kier alpha value is -2.22. The lowest BCUT2D eigenvalue weighted by molar-refractivity contribution is 0.572. The Morgan fingerprint density at radius 3 is 2.27 bits per heavy atom. The molecule has 8 heteroatoms. The van der Waals surface area contributed by atoms with E-state index in [4.69, 9.17) is 5.10 Å². The van der Waals surface area contributed by atoms with Gasteiger partial charge in [0.2, 0.25) is 5.95 Å². The van der Waals surface area contributed by atoms with Gasteiger partial charge in [0.05, 0.1) is 16.4 Å². The molecule has 4 rings (SSSR count).